The van der Waals surface area contributed by atoms with Gasteiger partial charge in [0.25, 0.3) is 0 Å². The summed E-state index contributed by atoms with van der Waals surface area (Å²) in [6.07, 6.45) is 1.52. The minimum absolute atomic E-state index is 0.0911. The van der Waals surface area contributed by atoms with Crippen LogP contribution in [0.5, 0.6) is 0 Å². The fraction of sp³-hybridized carbons (Fsp3) is 0.562. The van der Waals surface area contributed by atoms with Crippen LogP contribution < -0.4 is 5.32 Å². The number of carbonyl (C=O) groups excluding carboxylic acids is 1. The van der Waals surface area contributed by atoms with Gasteiger partial charge in [0.05, 0.1) is 6.04 Å². The van der Waals surface area contributed by atoms with E-state index in [1.807, 2.05) is 36.1 Å². The summed E-state index contributed by atoms with van der Waals surface area (Å²) < 4.78 is 5.14. The van der Waals surface area contributed by atoms with Crippen molar-refractivity contribution in [3.63, 3.8) is 0 Å². The first-order chi connectivity index (χ1) is 10.1. The number of carbonyl (C=O) groups is 1. The van der Waals surface area contributed by atoms with Crippen molar-refractivity contribution in [1.82, 2.24) is 10.2 Å². The Hall–Kier alpha value is -1.10. The molecule has 1 aromatic carbocycles. The third-order valence-electron chi connectivity index (χ3n) is 4.00. The molecule has 4 nitrogen and oxygen atoms in total. The van der Waals surface area contributed by atoms with Crippen molar-refractivity contribution in [2.75, 3.05) is 13.7 Å². The number of methoxy groups -OCH3 is 1. The Bertz CT molecular complexity index is 478. The van der Waals surface area contributed by atoms with Crippen LogP contribution in [0.3, 0.4) is 0 Å². The van der Waals surface area contributed by atoms with Crippen LogP contribution in [0.4, 0.5) is 0 Å². The van der Waals surface area contributed by atoms with E-state index in [4.69, 9.17) is 16.3 Å². The molecule has 2 rings (SSSR count). The zero-order valence-corrected chi connectivity index (χ0v) is 13.6. The second kappa shape index (κ2) is 7.25. The van der Waals surface area contributed by atoms with Crippen LogP contribution in [0, 0.1) is 0 Å². The number of hydrogen-bond donors (Lipinski definition) is 1. The number of nitrogens with one attached hydrogen (secondary N) is 1. The number of rotatable bonds is 6. The van der Waals surface area contributed by atoms with Crippen molar-refractivity contribution < 1.29 is 9.53 Å². The summed E-state index contributed by atoms with van der Waals surface area (Å²) in [4.78, 5) is 14.5. The van der Waals surface area contributed by atoms with E-state index in [1.165, 1.54) is 0 Å². The molecule has 1 amide bonds. The monoisotopic (exact) mass is 310 g/mol. The summed E-state index contributed by atoms with van der Waals surface area (Å²) in [5.74, 6) is 0.168. The molecule has 5 heteroatoms. The SMILES string of the molecule is CCC1NC(c2ccc(Cl)cc2)N(C(C)CCOC)C1=O. The maximum Gasteiger partial charge on any atom is 0.241 e. The van der Waals surface area contributed by atoms with E-state index in [1.54, 1.807) is 7.11 Å². The molecule has 0 aliphatic carbocycles. The summed E-state index contributed by atoms with van der Waals surface area (Å²) in [6, 6.07) is 7.68. The number of nitrogens with zero attached hydrogens (tertiary/aromatic N) is 1. The first kappa shape index (κ1) is 16.3. The molecule has 0 saturated carbocycles. The molecule has 3 unspecified atom stereocenters. The largest absolute Gasteiger partial charge is 0.385 e. The van der Waals surface area contributed by atoms with Gasteiger partial charge in [0.15, 0.2) is 0 Å². The number of hydrogen-bond acceptors (Lipinski definition) is 3. The van der Waals surface area contributed by atoms with Gasteiger partial charge in [0.2, 0.25) is 5.91 Å². The summed E-state index contributed by atoms with van der Waals surface area (Å²) >= 11 is 5.95. The van der Waals surface area contributed by atoms with E-state index in [2.05, 4.69) is 12.2 Å². The molecule has 1 N–H and O–H groups in total. The topological polar surface area (TPSA) is 41.6 Å². The molecule has 1 heterocycles. The molecule has 1 aliphatic heterocycles. The van der Waals surface area contributed by atoms with Crippen LogP contribution >= 0.6 is 11.6 Å². The van der Waals surface area contributed by atoms with Gasteiger partial charge >= 0.3 is 0 Å². The zero-order valence-electron chi connectivity index (χ0n) is 12.8. The molecule has 0 aromatic heterocycles. The van der Waals surface area contributed by atoms with E-state index in [0.29, 0.717) is 11.6 Å². The fourth-order valence-electron chi connectivity index (χ4n) is 2.74. The molecule has 0 radical (unpaired) electrons. The Morgan fingerprint density at radius 2 is 2.05 bits per heavy atom. The zero-order chi connectivity index (χ0) is 15.4. The Morgan fingerprint density at radius 1 is 1.38 bits per heavy atom. The summed E-state index contributed by atoms with van der Waals surface area (Å²) in [5, 5.41) is 4.13. The van der Waals surface area contributed by atoms with Crippen molar-refractivity contribution in [2.45, 2.75) is 44.9 Å². The molecule has 0 spiro atoms. The minimum Gasteiger partial charge on any atom is -0.385 e. The van der Waals surface area contributed by atoms with Crippen molar-refractivity contribution in [3.8, 4) is 0 Å². The van der Waals surface area contributed by atoms with Crippen LogP contribution in [0.15, 0.2) is 24.3 Å². The predicted octanol–water partition coefficient (Wildman–Crippen LogP) is 2.97. The third-order valence-corrected chi connectivity index (χ3v) is 4.25. The lowest BCUT2D eigenvalue weighted by Gasteiger charge is -2.30. The Labute approximate surface area is 131 Å². The molecule has 21 heavy (non-hydrogen) atoms. The number of amides is 1. The van der Waals surface area contributed by atoms with Crippen LogP contribution in [0.2, 0.25) is 5.02 Å². The molecule has 3 atom stereocenters. The average Bonchev–Trinajstić information content (AvgIpc) is 2.82. The molecule has 116 valence electrons. The summed E-state index contributed by atoms with van der Waals surface area (Å²) in [5.41, 5.74) is 1.06. The maximum absolute atomic E-state index is 12.6. The van der Waals surface area contributed by atoms with E-state index < -0.39 is 0 Å². The lowest BCUT2D eigenvalue weighted by atomic mass is 10.1. The van der Waals surface area contributed by atoms with Gasteiger partial charge in [0, 0.05) is 24.8 Å². The Balaban J connectivity index is 2.23. The Morgan fingerprint density at radius 3 is 2.62 bits per heavy atom. The normalized spacial score (nSPS) is 23.6. The quantitative estimate of drug-likeness (QED) is 0.878. The Kier molecular flexibility index (Phi) is 5.62. The summed E-state index contributed by atoms with van der Waals surface area (Å²) in [6.45, 7) is 4.74. The van der Waals surface area contributed by atoms with Gasteiger partial charge in [-0.2, -0.15) is 0 Å². The van der Waals surface area contributed by atoms with Gasteiger partial charge in [-0.3, -0.25) is 10.1 Å². The van der Waals surface area contributed by atoms with Crippen molar-refractivity contribution in [3.05, 3.63) is 34.9 Å². The van der Waals surface area contributed by atoms with E-state index in [0.717, 1.165) is 18.4 Å². The van der Waals surface area contributed by atoms with Gasteiger partial charge in [-0.25, -0.2) is 0 Å². The van der Waals surface area contributed by atoms with Gasteiger partial charge in [-0.05, 0) is 37.5 Å². The highest BCUT2D eigenvalue weighted by Gasteiger charge is 2.40. The standard InChI is InChI=1S/C16H23ClN2O2/c1-4-14-16(20)19(11(2)9-10-21-3)15(18-14)12-5-7-13(17)8-6-12/h5-8,11,14-15,18H,4,9-10H2,1-3H3. The van der Waals surface area contributed by atoms with Crippen LogP contribution in [0.1, 0.15) is 38.4 Å². The number of ether oxygens (including phenoxy) is 1. The predicted molar refractivity (Wildman–Crippen MR) is 84.2 cm³/mol. The second-order valence-electron chi connectivity index (χ2n) is 5.46. The van der Waals surface area contributed by atoms with Crippen LogP contribution in [-0.2, 0) is 9.53 Å². The molecule has 1 aliphatic rings. The van der Waals surface area contributed by atoms with Crippen molar-refractivity contribution >= 4 is 17.5 Å². The maximum atomic E-state index is 12.6. The minimum atomic E-state index is -0.115. The van der Waals surface area contributed by atoms with E-state index in [9.17, 15) is 4.79 Å². The highest BCUT2D eigenvalue weighted by molar-refractivity contribution is 6.30. The van der Waals surface area contributed by atoms with Crippen molar-refractivity contribution in [2.24, 2.45) is 0 Å². The first-order valence-corrected chi connectivity index (χ1v) is 7.79. The third kappa shape index (κ3) is 3.57. The molecule has 1 saturated heterocycles. The van der Waals surface area contributed by atoms with E-state index in [-0.39, 0.29) is 24.2 Å². The lowest BCUT2D eigenvalue weighted by molar-refractivity contribution is -0.132. The van der Waals surface area contributed by atoms with Crippen molar-refractivity contribution in [1.29, 1.82) is 0 Å². The van der Waals surface area contributed by atoms with Gasteiger partial charge < -0.3 is 9.64 Å². The molecule has 0 bridgehead atoms. The molecular formula is C16H23ClN2O2. The van der Waals surface area contributed by atoms with Gasteiger partial charge in [0.1, 0.15) is 6.17 Å². The van der Waals surface area contributed by atoms with Gasteiger partial charge in [-0.1, -0.05) is 30.7 Å². The molecular weight excluding hydrogens is 288 g/mol. The smallest absolute Gasteiger partial charge is 0.241 e. The highest BCUT2D eigenvalue weighted by Crippen LogP contribution is 2.30. The van der Waals surface area contributed by atoms with Crippen LogP contribution in [0.25, 0.3) is 0 Å². The van der Waals surface area contributed by atoms with Gasteiger partial charge in [-0.15, -0.1) is 0 Å². The molecule has 1 fully saturated rings. The van der Waals surface area contributed by atoms with Crippen LogP contribution in [-0.4, -0.2) is 36.6 Å². The highest BCUT2D eigenvalue weighted by atomic mass is 35.5. The second-order valence-corrected chi connectivity index (χ2v) is 5.89. The molecule has 1 aromatic rings. The number of halogens is 1. The average molecular weight is 311 g/mol. The first-order valence-electron chi connectivity index (χ1n) is 7.41. The van der Waals surface area contributed by atoms with E-state index >= 15 is 0 Å². The summed E-state index contributed by atoms with van der Waals surface area (Å²) in [7, 11) is 1.68. The lowest BCUT2D eigenvalue weighted by Crippen LogP contribution is -2.39. The fourth-order valence-corrected chi connectivity index (χ4v) is 2.87. The number of benzene rings is 1.